The molecule has 1 aromatic heterocycles. The first-order chi connectivity index (χ1) is 8.25. The van der Waals surface area contributed by atoms with Gasteiger partial charge in [-0.15, -0.1) is 0 Å². The first kappa shape index (κ1) is 10.4. The molecule has 0 radical (unpaired) electrons. The van der Waals surface area contributed by atoms with E-state index in [0.717, 1.165) is 24.9 Å². The summed E-state index contributed by atoms with van der Waals surface area (Å²) >= 11 is 0. The Morgan fingerprint density at radius 2 is 2.18 bits per heavy atom. The number of hydrogen-bond acceptors (Lipinski definition) is 3. The van der Waals surface area contributed by atoms with Crippen LogP contribution in [0.5, 0.6) is 5.75 Å². The Morgan fingerprint density at radius 1 is 1.35 bits per heavy atom. The maximum Gasteiger partial charge on any atom is 0.141 e. The first-order valence-electron chi connectivity index (χ1n) is 5.85. The Kier molecular flexibility index (Phi) is 2.37. The summed E-state index contributed by atoms with van der Waals surface area (Å²) in [5.41, 5.74) is 9.06. The molecule has 0 fully saturated rings. The molecule has 0 saturated carbocycles. The van der Waals surface area contributed by atoms with Crippen LogP contribution in [-0.4, -0.2) is 20.9 Å². The van der Waals surface area contributed by atoms with E-state index in [2.05, 4.69) is 5.10 Å². The molecule has 0 amide bonds. The van der Waals surface area contributed by atoms with Crippen molar-refractivity contribution in [1.82, 2.24) is 9.78 Å². The van der Waals surface area contributed by atoms with Gasteiger partial charge in [0.15, 0.2) is 0 Å². The van der Waals surface area contributed by atoms with Gasteiger partial charge in [0.1, 0.15) is 11.4 Å². The summed E-state index contributed by atoms with van der Waals surface area (Å²) in [7, 11) is 0. The Labute approximate surface area is 99.7 Å². The summed E-state index contributed by atoms with van der Waals surface area (Å²) in [5, 5.41) is 14.2. The fourth-order valence-corrected chi connectivity index (χ4v) is 2.40. The molecule has 0 bridgehead atoms. The number of aromatic nitrogens is 2. The number of nitrogens with zero attached hydrogens (tertiary/aromatic N) is 2. The third-order valence-electron chi connectivity index (χ3n) is 3.30. The SMILES string of the molecule is NC1CCc2c(cnn2-c2ccccc2O)C1. The van der Waals surface area contributed by atoms with Crippen LogP contribution in [0.2, 0.25) is 0 Å². The second-order valence-electron chi connectivity index (χ2n) is 4.52. The third kappa shape index (κ3) is 1.70. The standard InChI is InChI=1S/C13H15N3O/c14-10-5-6-11-9(7-10)8-15-16(11)12-3-1-2-4-13(12)17/h1-4,8,10,17H,5-7,14H2. The number of hydrogen-bond donors (Lipinski definition) is 2. The number of fused-ring (bicyclic) bond motifs is 1. The van der Waals surface area contributed by atoms with Gasteiger partial charge in [-0.2, -0.15) is 5.10 Å². The maximum absolute atomic E-state index is 9.85. The van der Waals surface area contributed by atoms with Gasteiger partial charge in [-0.3, -0.25) is 0 Å². The van der Waals surface area contributed by atoms with E-state index >= 15 is 0 Å². The third-order valence-corrected chi connectivity index (χ3v) is 3.30. The number of nitrogens with two attached hydrogens (primary N) is 1. The zero-order chi connectivity index (χ0) is 11.8. The zero-order valence-electron chi connectivity index (χ0n) is 9.50. The van der Waals surface area contributed by atoms with Crippen LogP contribution in [-0.2, 0) is 12.8 Å². The van der Waals surface area contributed by atoms with E-state index in [1.54, 1.807) is 6.07 Å². The molecule has 0 spiro atoms. The molecule has 1 heterocycles. The summed E-state index contributed by atoms with van der Waals surface area (Å²) in [6.45, 7) is 0. The average Bonchev–Trinajstić information content (AvgIpc) is 2.72. The van der Waals surface area contributed by atoms with E-state index in [4.69, 9.17) is 5.73 Å². The van der Waals surface area contributed by atoms with Crippen molar-refractivity contribution in [3.63, 3.8) is 0 Å². The molecule has 88 valence electrons. The summed E-state index contributed by atoms with van der Waals surface area (Å²) < 4.78 is 1.83. The Bertz CT molecular complexity index is 547. The highest BCUT2D eigenvalue weighted by atomic mass is 16.3. The zero-order valence-corrected chi connectivity index (χ0v) is 9.50. The van der Waals surface area contributed by atoms with Gasteiger partial charge < -0.3 is 10.8 Å². The van der Waals surface area contributed by atoms with Crippen LogP contribution in [0, 0.1) is 0 Å². The highest BCUT2D eigenvalue weighted by molar-refractivity contribution is 5.47. The number of phenols is 1. The van der Waals surface area contributed by atoms with E-state index in [1.807, 2.05) is 29.1 Å². The van der Waals surface area contributed by atoms with Crippen molar-refractivity contribution >= 4 is 0 Å². The van der Waals surface area contributed by atoms with Crippen LogP contribution in [0.15, 0.2) is 30.5 Å². The molecule has 3 rings (SSSR count). The van der Waals surface area contributed by atoms with Crippen molar-refractivity contribution in [2.45, 2.75) is 25.3 Å². The number of phenolic OH excluding ortho intramolecular Hbond substituents is 1. The first-order valence-corrected chi connectivity index (χ1v) is 5.85. The maximum atomic E-state index is 9.85. The highest BCUT2D eigenvalue weighted by Crippen LogP contribution is 2.27. The molecule has 1 aliphatic rings. The molecule has 4 heteroatoms. The summed E-state index contributed by atoms with van der Waals surface area (Å²) in [6, 6.07) is 7.50. The molecule has 1 atom stereocenters. The van der Waals surface area contributed by atoms with Crippen molar-refractivity contribution in [1.29, 1.82) is 0 Å². The van der Waals surface area contributed by atoms with Crippen LogP contribution in [0.1, 0.15) is 17.7 Å². The lowest BCUT2D eigenvalue weighted by molar-refractivity contribution is 0.468. The predicted molar refractivity (Wildman–Crippen MR) is 65.2 cm³/mol. The van der Waals surface area contributed by atoms with Gasteiger partial charge >= 0.3 is 0 Å². The minimum Gasteiger partial charge on any atom is -0.506 e. The second kappa shape index (κ2) is 3.89. The van der Waals surface area contributed by atoms with E-state index < -0.39 is 0 Å². The van der Waals surface area contributed by atoms with Crippen molar-refractivity contribution in [2.24, 2.45) is 5.73 Å². The average molecular weight is 229 g/mol. The van der Waals surface area contributed by atoms with Crippen LogP contribution in [0.3, 0.4) is 0 Å². The fourth-order valence-electron chi connectivity index (χ4n) is 2.40. The van der Waals surface area contributed by atoms with Gasteiger partial charge in [-0.25, -0.2) is 4.68 Å². The molecular weight excluding hydrogens is 214 g/mol. The largest absolute Gasteiger partial charge is 0.506 e. The van der Waals surface area contributed by atoms with Gasteiger partial charge in [0.05, 0.1) is 6.20 Å². The topological polar surface area (TPSA) is 64.1 Å². The van der Waals surface area contributed by atoms with Crippen molar-refractivity contribution in [2.75, 3.05) is 0 Å². The van der Waals surface area contributed by atoms with Crippen molar-refractivity contribution in [3.05, 3.63) is 41.7 Å². The van der Waals surface area contributed by atoms with Crippen molar-refractivity contribution in [3.8, 4) is 11.4 Å². The molecule has 2 aromatic rings. The summed E-state index contributed by atoms with van der Waals surface area (Å²) in [6.07, 6.45) is 4.64. The lowest BCUT2D eigenvalue weighted by Crippen LogP contribution is -2.28. The van der Waals surface area contributed by atoms with Gasteiger partial charge in [0, 0.05) is 11.7 Å². The molecule has 0 saturated heterocycles. The minimum atomic E-state index is 0.240. The second-order valence-corrected chi connectivity index (χ2v) is 4.52. The fraction of sp³-hybridized carbons (Fsp3) is 0.308. The van der Waals surface area contributed by atoms with Crippen LogP contribution < -0.4 is 5.73 Å². The number of rotatable bonds is 1. The van der Waals surface area contributed by atoms with E-state index in [-0.39, 0.29) is 11.8 Å². The van der Waals surface area contributed by atoms with E-state index in [0.29, 0.717) is 0 Å². The highest BCUT2D eigenvalue weighted by Gasteiger charge is 2.21. The minimum absolute atomic E-state index is 0.240. The smallest absolute Gasteiger partial charge is 0.141 e. The van der Waals surface area contributed by atoms with Gasteiger partial charge in [-0.1, -0.05) is 12.1 Å². The Morgan fingerprint density at radius 3 is 3.00 bits per heavy atom. The van der Waals surface area contributed by atoms with Crippen molar-refractivity contribution < 1.29 is 5.11 Å². The Hall–Kier alpha value is -1.81. The molecular formula is C13H15N3O. The quantitative estimate of drug-likeness (QED) is 0.776. The summed E-state index contributed by atoms with van der Waals surface area (Å²) in [5.74, 6) is 0.258. The Balaban J connectivity index is 2.09. The molecule has 3 N–H and O–H groups in total. The van der Waals surface area contributed by atoms with E-state index in [9.17, 15) is 5.11 Å². The van der Waals surface area contributed by atoms with Crippen LogP contribution in [0.4, 0.5) is 0 Å². The lowest BCUT2D eigenvalue weighted by atomic mass is 9.94. The number of para-hydroxylation sites is 2. The molecule has 17 heavy (non-hydrogen) atoms. The molecule has 4 nitrogen and oxygen atoms in total. The molecule has 1 unspecified atom stereocenters. The lowest BCUT2D eigenvalue weighted by Gasteiger charge is -2.19. The molecule has 1 aliphatic carbocycles. The van der Waals surface area contributed by atoms with Crippen LogP contribution in [0.25, 0.3) is 5.69 Å². The number of benzene rings is 1. The van der Waals surface area contributed by atoms with E-state index in [1.165, 1.54) is 11.3 Å². The van der Waals surface area contributed by atoms with Gasteiger partial charge in [0.2, 0.25) is 0 Å². The monoisotopic (exact) mass is 229 g/mol. The van der Waals surface area contributed by atoms with Crippen LogP contribution >= 0.6 is 0 Å². The summed E-state index contributed by atoms with van der Waals surface area (Å²) in [4.78, 5) is 0. The molecule has 0 aliphatic heterocycles. The van der Waals surface area contributed by atoms with Gasteiger partial charge in [0.25, 0.3) is 0 Å². The molecule has 1 aromatic carbocycles. The van der Waals surface area contributed by atoms with Gasteiger partial charge in [-0.05, 0) is 37.0 Å². The predicted octanol–water partition coefficient (Wildman–Crippen LogP) is 1.39. The number of aromatic hydroxyl groups is 1. The normalized spacial score (nSPS) is 19.0.